The number of rotatable bonds is 4. The highest BCUT2D eigenvalue weighted by atomic mass is 35.5. The van der Waals surface area contributed by atoms with Crippen LogP contribution in [0.25, 0.3) is 0 Å². The topological polar surface area (TPSA) is 20.3 Å². The van der Waals surface area contributed by atoms with Crippen LogP contribution >= 0.6 is 11.6 Å². The van der Waals surface area contributed by atoms with E-state index in [0.717, 1.165) is 12.0 Å². The third-order valence-electron chi connectivity index (χ3n) is 4.10. The lowest BCUT2D eigenvalue weighted by Crippen LogP contribution is -2.28. The van der Waals surface area contributed by atoms with Gasteiger partial charge in [0, 0.05) is 24.5 Å². The van der Waals surface area contributed by atoms with Gasteiger partial charge in [-0.25, -0.2) is 4.39 Å². The predicted octanol–water partition coefficient (Wildman–Crippen LogP) is 4.24. The van der Waals surface area contributed by atoms with E-state index in [1.54, 1.807) is 24.1 Å². The summed E-state index contributed by atoms with van der Waals surface area (Å²) in [7, 11) is 1.78. The van der Waals surface area contributed by atoms with Crippen molar-refractivity contribution in [2.45, 2.75) is 18.9 Å². The van der Waals surface area contributed by atoms with Crippen LogP contribution in [0.15, 0.2) is 48.5 Å². The van der Waals surface area contributed by atoms with Crippen molar-refractivity contribution in [1.82, 2.24) is 4.90 Å². The summed E-state index contributed by atoms with van der Waals surface area (Å²) in [4.78, 5) is 14.2. The quantitative estimate of drug-likeness (QED) is 0.826. The highest BCUT2D eigenvalue weighted by Crippen LogP contribution is 2.49. The number of carbonyl (C=O) groups is 1. The number of benzene rings is 2. The lowest BCUT2D eigenvalue weighted by atomic mass is 10.1. The summed E-state index contributed by atoms with van der Waals surface area (Å²) in [6, 6.07) is 14.2. The Morgan fingerprint density at radius 2 is 2.05 bits per heavy atom. The van der Waals surface area contributed by atoms with Crippen LogP contribution in [0, 0.1) is 11.7 Å². The number of carbonyl (C=O) groups excluding carboxylic acids is 1. The van der Waals surface area contributed by atoms with Gasteiger partial charge in [-0.05, 0) is 41.7 Å². The fourth-order valence-electron chi connectivity index (χ4n) is 2.86. The molecule has 0 N–H and O–H groups in total. The highest BCUT2D eigenvalue weighted by molar-refractivity contribution is 6.30. The van der Waals surface area contributed by atoms with Crippen LogP contribution in [-0.2, 0) is 11.3 Å². The summed E-state index contributed by atoms with van der Waals surface area (Å²) in [5.74, 6) is -0.259. The Balaban J connectivity index is 1.64. The van der Waals surface area contributed by atoms with Crippen molar-refractivity contribution in [3.05, 3.63) is 70.5 Å². The molecule has 0 aliphatic heterocycles. The van der Waals surface area contributed by atoms with Crippen LogP contribution in [0.2, 0.25) is 5.02 Å². The summed E-state index contributed by atoms with van der Waals surface area (Å²) in [6.07, 6.45) is 0.722. The van der Waals surface area contributed by atoms with Gasteiger partial charge in [0.1, 0.15) is 5.82 Å². The molecule has 0 saturated heterocycles. The van der Waals surface area contributed by atoms with Crippen LogP contribution in [0.5, 0.6) is 0 Å². The van der Waals surface area contributed by atoms with Gasteiger partial charge in [0.05, 0.1) is 0 Å². The third-order valence-corrected chi connectivity index (χ3v) is 4.33. The molecule has 2 aromatic rings. The molecule has 1 aliphatic carbocycles. The summed E-state index contributed by atoms with van der Waals surface area (Å²) in [5.41, 5.74) is 1.64. The van der Waals surface area contributed by atoms with Gasteiger partial charge in [-0.3, -0.25) is 4.79 Å². The molecule has 3 rings (SSSR count). The monoisotopic (exact) mass is 317 g/mol. The molecule has 0 aromatic heterocycles. The van der Waals surface area contributed by atoms with E-state index >= 15 is 0 Å². The van der Waals surface area contributed by atoms with Gasteiger partial charge in [-0.1, -0.05) is 41.9 Å². The molecule has 114 valence electrons. The van der Waals surface area contributed by atoms with Gasteiger partial charge in [0.25, 0.3) is 0 Å². The van der Waals surface area contributed by atoms with Gasteiger partial charge in [0.15, 0.2) is 0 Å². The Hall–Kier alpha value is -1.87. The molecule has 0 spiro atoms. The van der Waals surface area contributed by atoms with Crippen LogP contribution in [0.3, 0.4) is 0 Å². The average Bonchev–Trinajstić information content (AvgIpc) is 3.27. The number of nitrogens with zero attached hydrogens (tertiary/aromatic N) is 1. The van der Waals surface area contributed by atoms with Crippen LogP contribution in [0.1, 0.15) is 23.5 Å². The van der Waals surface area contributed by atoms with E-state index in [1.807, 2.05) is 30.3 Å². The molecule has 2 unspecified atom stereocenters. The molecule has 1 amide bonds. The van der Waals surface area contributed by atoms with Crippen molar-refractivity contribution in [2.24, 2.45) is 5.92 Å². The smallest absolute Gasteiger partial charge is 0.226 e. The number of hydrogen-bond donors (Lipinski definition) is 0. The Morgan fingerprint density at radius 3 is 2.77 bits per heavy atom. The number of amides is 1. The zero-order valence-corrected chi connectivity index (χ0v) is 13.1. The molecule has 4 heteroatoms. The second-order valence-corrected chi connectivity index (χ2v) is 6.23. The molecule has 1 fully saturated rings. The number of halogens is 2. The first kappa shape index (κ1) is 15.0. The Bertz CT molecular complexity index is 703. The van der Waals surface area contributed by atoms with E-state index in [9.17, 15) is 9.18 Å². The third kappa shape index (κ3) is 3.14. The first-order valence-electron chi connectivity index (χ1n) is 7.30. The maximum atomic E-state index is 13.8. The van der Waals surface area contributed by atoms with Crippen molar-refractivity contribution < 1.29 is 9.18 Å². The van der Waals surface area contributed by atoms with Crippen LogP contribution < -0.4 is 0 Å². The predicted molar refractivity (Wildman–Crippen MR) is 85.2 cm³/mol. The Morgan fingerprint density at radius 1 is 1.27 bits per heavy atom. The molecular weight excluding hydrogens is 301 g/mol. The van der Waals surface area contributed by atoms with Gasteiger partial charge >= 0.3 is 0 Å². The average molecular weight is 318 g/mol. The van der Waals surface area contributed by atoms with Gasteiger partial charge < -0.3 is 4.90 Å². The van der Waals surface area contributed by atoms with E-state index in [2.05, 4.69) is 0 Å². The first-order chi connectivity index (χ1) is 10.6. The van der Waals surface area contributed by atoms with Crippen molar-refractivity contribution in [3.63, 3.8) is 0 Å². The molecule has 2 nitrogen and oxygen atoms in total. The van der Waals surface area contributed by atoms with Gasteiger partial charge in [-0.2, -0.15) is 0 Å². The van der Waals surface area contributed by atoms with E-state index in [1.165, 1.54) is 6.07 Å². The van der Waals surface area contributed by atoms with E-state index in [0.29, 0.717) is 17.1 Å². The highest BCUT2D eigenvalue weighted by Gasteiger charge is 2.46. The standard InChI is InChI=1S/C18H17ClFNO/c1-21(11-12-5-4-6-13(19)9-12)18(22)16-10-15(16)14-7-2-3-8-17(14)20/h2-9,15-16H,10-11H2,1H3. The zero-order chi connectivity index (χ0) is 15.7. The molecule has 0 radical (unpaired) electrons. The largest absolute Gasteiger partial charge is 0.341 e. The minimum Gasteiger partial charge on any atom is -0.341 e. The van der Waals surface area contributed by atoms with Gasteiger partial charge in [0.2, 0.25) is 5.91 Å². The molecule has 1 aliphatic rings. The van der Waals surface area contributed by atoms with Gasteiger partial charge in [-0.15, -0.1) is 0 Å². The lowest BCUT2D eigenvalue weighted by molar-refractivity contribution is -0.131. The Kier molecular flexibility index (Phi) is 4.16. The minimum atomic E-state index is -0.222. The fraction of sp³-hybridized carbons (Fsp3) is 0.278. The zero-order valence-electron chi connectivity index (χ0n) is 12.3. The van der Waals surface area contributed by atoms with Crippen molar-refractivity contribution in [3.8, 4) is 0 Å². The molecule has 0 heterocycles. The van der Waals surface area contributed by atoms with E-state index < -0.39 is 0 Å². The molecular formula is C18H17ClFNO. The van der Waals surface area contributed by atoms with Crippen LogP contribution in [0.4, 0.5) is 4.39 Å². The van der Waals surface area contributed by atoms with Crippen molar-refractivity contribution in [2.75, 3.05) is 7.05 Å². The fourth-order valence-corrected chi connectivity index (χ4v) is 3.07. The lowest BCUT2D eigenvalue weighted by Gasteiger charge is -2.17. The summed E-state index contributed by atoms with van der Waals surface area (Å²) in [5, 5.41) is 0.661. The normalized spacial score (nSPS) is 19.8. The summed E-state index contributed by atoms with van der Waals surface area (Å²) < 4.78 is 13.8. The Labute approximate surface area is 134 Å². The second kappa shape index (κ2) is 6.09. The summed E-state index contributed by atoms with van der Waals surface area (Å²) in [6.45, 7) is 0.514. The minimum absolute atomic E-state index is 0.00973. The van der Waals surface area contributed by atoms with Crippen molar-refractivity contribution >= 4 is 17.5 Å². The molecule has 2 atom stereocenters. The molecule has 1 saturated carbocycles. The first-order valence-corrected chi connectivity index (χ1v) is 7.68. The second-order valence-electron chi connectivity index (χ2n) is 5.79. The molecule has 22 heavy (non-hydrogen) atoms. The van der Waals surface area contributed by atoms with E-state index in [4.69, 9.17) is 11.6 Å². The molecule has 2 aromatic carbocycles. The maximum Gasteiger partial charge on any atom is 0.226 e. The molecule has 0 bridgehead atoms. The van der Waals surface area contributed by atoms with E-state index in [-0.39, 0.29) is 23.6 Å². The summed E-state index contributed by atoms with van der Waals surface area (Å²) >= 11 is 5.96. The maximum absolute atomic E-state index is 13.8. The SMILES string of the molecule is CN(Cc1cccc(Cl)c1)C(=O)C1CC1c1ccccc1F. The number of hydrogen-bond acceptors (Lipinski definition) is 1. The van der Waals surface area contributed by atoms with Crippen LogP contribution in [-0.4, -0.2) is 17.9 Å². The van der Waals surface area contributed by atoms with Crippen molar-refractivity contribution in [1.29, 1.82) is 0 Å².